The molecule has 3 heterocycles. The summed E-state index contributed by atoms with van der Waals surface area (Å²) >= 11 is 6.59. The van der Waals surface area contributed by atoms with Crippen LogP contribution in [-0.2, 0) is 12.1 Å². The molecule has 2 aliphatic heterocycles. The minimum atomic E-state index is -0.407. The minimum absolute atomic E-state index is 0.181. The maximum atomic E-state index is 12.4. The molecule has 1 atom stereocenters. The van der Waals surface area contributed by atoms with Crippen LogP contribution in [0.4, 0.5) is 10.5 Å². The first-order valence-corrected chi connectivity index (χ1v) is 10.7. The summed E-state index contributed by atoms with van der Waals surface area (Å²) in [5.74, 6) is 0.877. The molecule has 2 aromatic rings. The number of aliphatic hydroxyl groups is 1. The van der Waals surface area contributed by atoms with Crippen LogP contribution >= 0.6 is 11.6 Å². The number of fused-ring (bicyclic) bond motifs is 4. The fourth-order valence-corrected chi connectivity index (χ4v) is 5.58. The number of halogens is 1. The summed E-state index contributed by atoms with van der Waals surface area (Å²) in [4.78, 5) is 14.6. The molecule has 3 aliphatic rings. The van der Waals surface area contributed by atoms with Crippen LogP contribution in [0, 0.1) is 0 Å². The molecule has 1 spiro atoms. The average molecular weight is 404 g/mol. The van der Waals surface area contributed by atoms with Crippen LogP contribution in [0.1, 0.15) is 56.3 Å². The van der Waals surface area contributed by atoms with Gasteiger partial charge in [0.15, 0.2) is 0 Å². The molecule has 150 valence electrons. The highest BCUT2D eigenvalue weighted by atomic mass is 35.5. The predicted molar refractivity (Wildman–Crippen MR) is 109 cm³/mol. The van der Waals surface area contributed by atoms with Gasteiger partial charge in [0, 0.05) is 17.0 Å². The highest BCUT2D eigenvalue weighted by Crippen LogP contribution is 2.49. The summed E-state index contributed by atoms with van der Waals surface area (Å²) < 4.78 is 6.37. The van der Waals surface area contributed by atoms with E-state index in [1.165, 1.54) is 6.42 Å². The van der Waals surface area contributed by atoms with Crippen molar-refractivity contribution in [2.75, 3.05) is 18.5 Å². The zero-order valence-corrected chi connectivity index (χ0v) is 16.6. The van der Waals surface area contributed by atoms with Crippen molar-refractivity contribution in [1.82, 2.24) is 10.2 Å². The van der Waals surface area contributed by atoms with E-state index >= 15 is 0 Å². The van der Waals surface area contributed by atoms with Gasteiger partial charge in [-0.05, 0) is 44.4 Å². The van der Waals surface area contributed by atoms with Crippen molar-refractivity contribution >= 4 is 34.3 Å². The molecule has 5 rings (SSSR count). The first-order chi connectivity index (χ1) is 13.6. The van der Waals surface area contributed by atoms with E-state index in [2.05, 4.69) is 21.6 Å². The first kappa shape index (κ1) is 18.3. The lowest BCUT2D eigenvalue weighted by molar-refractivity contribution is 0.147. The lowest BCUT2D eigenvalue weighted by Gasteiger charge is -2.42. The highest BCUT2D eigenvalue weighted by molar-refractivity contribution is 6.35. The topological polar surface area (TPSA) is 77.7 Å². The number of rotatable bonds is 3. The lowest BCUT2D eigenvalue weighted by Crippen LogP contribution is -2.52. The number of carbonyl (C=O) groups is 1. The van der Waals surface area contributed by atoms with Gasteiger partial charge in [0.05, 0.1) is 29.4 Å². The van der Waals surface area contributed by atoms with Crippen molar-refractivity contribution in [3.63, 3.8) is 0 Å². The molecule has 28 heavy (non-hydrogen) atoms. The molecule has 2 fully saturated rings. The Labute approximate surface area is 169 Å². The summed E-state index contributed by atoms with van der Waals surface area (Å²) in [6.45, 7) is 1.84. The standard InChI is InChI=1S/C21H26ClN3O3/c22-16-10-13-9-15(11-25-8-4-5-14(25)12-26)28-19(13)17-18(16)23-20(27)24-21(17)6-2-1-3-7-21/h9-10,14,26H,1-8,11-12H2,(H2,23,24,27)/t14-/m0/s1. The van der Waals surface area contributed by atoms with Crippen molar-refractivity contribution in [2.45, 2.75) is 63.1 Å². The Hall–Kier alpha value is -1.76. The van der Waals surface area contributed by atoms with Gasteiger partial charge in [-0.15, -0.1) is 0 Å². The van der Waals surface area contributed by atoms with E-state index in [0.29, 0.717) is 17.3 Å². The van der Waals surface area contributed by atoms with Gasteiger partial charge in [-0.1, -0.05) is 30.9 Å². The monoisotopic (exact) mass is 403 g/mol. The second-order valence-electron chi connectivity index (χ2n) is 8.41. The zero-order valence-electron chi connectivity index (χ0n) is 15.9. The number of nitrogens with one attached hydrogen (secondary N) is 2. The number of nitrogens with zero attached hydrogens (tertiary/aromatic N) is 1. The molecule has 1 saturated carbocycles. The Morgan fingerprint density at radius 2 is 2.07 bits per heavy atom. The van der Waals surface area contributed by atoms with Crippen LogP contribution in [0.5, 0.6) is 0 Å². The summed E-state index contributed by atoms with van der Waals surface area (Å²) in [6, 6.07) is 3.96. The lowest BCUT2D eigenvalue weighted by atomic mass is 9.74. The largest absolute Gasteiger partial charge is 0.459 e. The third-order valence-corrected chi connectivity index (χ3v) is 6.95. The van der Waals surface area contributed by atoms with Gasteiger partial charge in [0.2, 0.25) is 0 Å². The Kier molecular flexibility index (Phi) is 4.53. The average Bonchev–Trinajstić information content (AvgIpc) is 3.28. The second kappa shape index (κ2) is 6.94. The molecule has 3 N–H and O–H groups in total. The van der Waals surface area contributed by atoms with Crippen LogP contribution < -0.4 is 10.6 Å². The van der Waals surface area contributed by atoms with E-state index < -0.39 is 5.54 Å². The number of anilines is 1. The highest BCUT2D eigenvalue weighted by Gasteiger charge is 2.43. The zero-order chi connectivity index (χ0) is 19.3. The van der Waals surface area contributed by atoms with Gasteiger partial charge < -0.3 is 20.2 Å². The molecular formula is C21H26ClN3O3. The maximum absolute atomic E-state index is 12.4. The number of amides is 2. The van der Waals surface area contributed by atoms with Crippen LogP contribution in [0.25, 0.3) is 11.0 Å². The number of carbonyl (C=O) groups excluding carboxylic acids is 1. The normalized spacial score (nSPS) is 24.4. The Morgan fingerprint density at radius 3 is 2.86 bits per heavy atom. The third-order valence-electron chi connectivity index (χ3n) is 6.66. The SMILES string of the molecule is O=C1Nc2c(Cl)cc3cc(CN4CCC[C@H]4CO)oc3c2C2(CCCCC2)N1. The van der Waals surface area contributed by atoms with E-state index in [4.69, 9.17) is 16.0 Å². The summed E-state index contributed by atoms with van der Waals surface area (Å²) in [5.41, 5.74) is 2.11. The molecule has 1 saturated heterocycles. The molecule has 2 amide bonds. The number of urea groups is 1. The number of likely N-dealkylation sites (tertiary alicyclic amines) is 1. The van der Waals surface area contributed by atoms with E-state index in [1.807, 2.05) is 6.07 Å². The van der Waals surface area contributed by atoms with Crippen LogP contribution in [0.3, 0.4) is 0 Å². The second-order valence-corrected chi connectivity index (χ2v) is 8.82. The van der Waals surface area contributed by atoms with E-state index in [0.717, 1.165) is 67.4 Å². The molecule has 0 bridgehead atoms. The quantitative estimate of drug-likeness (QED) is 0.712. The number of hydrogen-bond donors (Lipinski definition) is 3. The molecule has 0 unspecified atom stereocenters. The number of aliphatic hydroxyl groups excluding tert-OH is 1. The number of benzene rings is 1. The fraction of sp³-hybridized carbons (Fsp3) is 0.571. The number of hydrogen-bond acceptors (Lipinski definition) is 4. The molecule has 1 aromatic heterocycles. The first-order valence-electron chi connectivity index (χ1n) is 10.3. The third kappa shape index (κ3) is 2.90. The van der Waals surface area contributed by atoms with Crippen molar-refractivity contribution in [3.8, 4) is 0 Å². The summed E-state index contributed by atoms with van der Waals surface area (Å²) in [5, 5.41) is 17.2. The van der Waals surface area contributed by atoms with E-state index in [9.17, 15) is 9.90 Å². The van der Waals surface area contributed by atoms with Crippen molar-refractivity contribution in [2.24, 2.45) is 0 Å². The van der Waals surface area contributed by atoms with Gasteiger partial charge >= 0.3 is 6.03 Å². The van der Waals surface area contributed by atoms with Crippen molar-refractivity contribution in [3.05, 3.63) is 28.5 Å². The fourth-order valence-electron chi connectivity index (χ4n) is 5.32. The van der Waals surface area contributed by atoms with Gasteiger partial charge in [-0.2, -0.15) is 0 Å². The van der Waals surface area contributed by atoms with Crippen molar-refractivity contribution < 1.29 is 14.3 Å². The summed E-state index contributed by atoms with van der Waals surface area (Å²) in [7, 11) is 0. The summed E-state index contributed by atoms with van der Waals surface area (Å²) in [6.07, 6.45) is 7.27. The Bertz CT molecular complexity index is 919. The van der Waals surface area contributed by atoms with Crippen LogP contribution in [-0.4, -0.2) is 35.2 Å². The molecule has 1 aromatic carbocycles. The predicted octanol–water partition coefficient (Wildman–Crippen LogP) is 4.34. The Morgan fingerprint density at radius 1 is 1.25 bits per heavy atom. The van der Waals surface area contributed by atoms with E-state index in [-0.39, 0.29) is 18.7 Å². The molecule has 6 nitrogen and oxygen atoms in total. The minimum Gasteiger partial charge on any atom is -0.459 e. The molecule has 0 radical (unpaired) electrons. The van der Waals surface area contributed by atoms with Gasteiger partial charge in [-0.3, -0.25) is 4.90 Å². The Balaban J connectivity index is 1.60. The maximum Gasteiger partial charge on any atom is 0.319 e. The van der Waals surface area contributed by atoms with Gasteiger partial charge in [0.25, 0.3) is 0 Å². The number of furan rings is 1. The molecule has 1 aliphatic carbocycles. The smallest absolute Gasteiger partial charge is 0.319 e. The van der Waals surface area contributed by atoms with Crippen LogP contribution in [0.15, 0.2) is 16.5 Å². The van der Waals surface area contributed by atoms with Crippen LogP contribution in [0.2, 0.25) is 5.02 Å². The van der Waals surface area contributed by atoms with Gasteiger partial charge in [0.1, 0.15) is 11.3 Å². The van der Waals surface area contributed by atoms with Crippen molar-refractivity contribution in [1.29, 1.82) is 0 Å². The molecule has 7 heteroatoms. The van der Waals surface area contributed by atoms with Gasteiger partial charge in [-0.25, -0.2) is 4.79 Å². The molecular weight excluding hydrogens is 378 g/mol. The van der Waals surface area contributed by atoms with E-state index in [1.54, 1.807) is 0 Å².